The highest BCUT2D eigenvalue weighted by atomic mass is 16.5. The Balaban J connectivity index is 2.19. The van der Waals surface area contributed by atoms with Crippen LogP contribution in [0, 0.1) is 0 Å². The number of amides is 1. The van der Waals surface area contributed by atoms with E-state index >= 15 is 0 Å². The third-order valence-electron chi connectivity index (χ3n) is 3.66. The van der Waals surface area contributed by atoms with Crippen LogP contribution in [0.15, 0.2) is 30.4 Å². The van der Waals surface area contributed by atoms with Crippen molar-refractivity contribution in [3.63, 3.8) is 0 Å². The van der Waals surface area contributed by atoms with E-state index in [1.807, 2.05) is 17.0 Å². The number of nitrogens with zero attached hydrogens (tertiary/aromatic N) is 1. The Morgan fingerprint density at radius 3 is 3.00 bits per heavy atom. The quantitative estimate of drug-likeness (QED) is 0.692. The Labute approximate surface area is 101 Å². The van der Waals surface area contributed by atoms with E-state index in [2.05, 4.69) is 18.2 Å². The van der Waals surface area contributed by atoms with Crippen LogP contribution in [0.4, 0.5) is 5.69 Å². The van der Waals surface area contributed by atoms with Crippen molar-refractivity contribution in [3.8, 4) is 5.75 Å². The fraction of sp³-hybridized carbons (Fsp3) is 0.357. The fourth-order valence-corrected chi connectivity index (χ4v) is 2.99. The summed E-state index contributed by atoms with van der Waals surface area (Å²) in [5, 5.41) is 0. The summed E-state index contributed by atoms with van der Waals surface area (Å²) in [4.78, 5) is 13.7. The lowest BCUT2D eigenvalue weighted by Crippen LogP contribution is -2.35. The van der Waals surface area contributed by atoms with Crippen LogP contribution in [0.1, 0.15) is 24.8 Å². The first-order valence-corrected chi connectivity index (χ1v) is 5.87. The number of methoxy groups -OCH3 is 1. The number of hydrogen-bond acceptors (Lipinski definition) is 2. The molecule has 2 atom stereocenters. The van der Waals surface area contributed by atoms with Gasteiger partial charge < -0.3 is 9.64 Å². The van der Waals surface area contributed by atoms with E-state index in [-0.39, 0.29) is 11.9 Å². The number of allylic oxidation sites excluding steroid dienone is 1. The van der Waals surface area contributed by atoms with Gasteiger partial charge in [0.25, 0.3) is 0 Å². The number of carbonyl (C=O) groups excluding carboxylic acids is 1. The van der Waals surface area contributed by atoms with Crippen molar-refractivity contribution in [1.29, 1.82) is 0 Å². The molecule has 0 bridgehead atoms. The molecule has 0 radical (unpaired) electrons. The number of para-hydroxylation sites is 1. The summed E-state index contributed by atoms with van der Waals surface area (Å²) < 4.78 is 5.38. The van der Waals surface area contributed by atoms with Crippen LogP contribution in [0.2, 0.25) is 0 Å². The molecule has 0 fully saturated rings. The molecular formula is C14H15NO2. The average molecular weight is 229 g/mol. The molecule has 0 N–H and O–H groups in total. The predicted molar refractivity (Wildman–Crippen MR) is 66.4 cm³/mol. The lowest BCUT2D eigenvalue weighted by atomic mass is 9.97. The standard InChI is InChI=1S/C14H15NO2/c1-9(16)15-12-7-3-5-10(12)11-6-4-8-13(17-2)14(11)15/h3-4,6-8,10,12H,5H2,1-2H3. The van der Waals surface area contributed by atoms with E-state index < -0.39 is 0 Å². The van der Waals surface area contributed by atoms with Crippen LogP contribution in [-0.4, -0.2) is 19.1 Å². The Kier molecular flexibility index (Phi) is 2.21. The van der Waals surface area contributed by atoms with Crippen molar-refractivity contribution < 1.29 is 9.53 Å². The van der Waals surface area contributed by atoms with Crippen LogP contribution in [0.3, 0.4) is 0 Å². The summed E-state index contributed by atoms with van der Waals surface area (Å²) >= 11 is 0. The van der Waals surface area contributed by atoms with Gasteiger partial charge in [-0.1, -0.05) is 24.3 Å². The molecule has 1 heterocycles. The first-order valence-electron chi connectivity index (χ1n) is 5.87. The molecule has 1 aromatic rings. The highest BCUT2D eigenvalue weighted by Crippen LogP contribution is 2.50. The van der Waals surface area contributed by atoms with Crippen molar-refractivity contribution in [3.05, 3.63) is 35.9 Å². The Bertz CT molecular complexity index is 507. The third kappa shape index (κ3) is 1.32. The zero-order chi connectivity index (χ0) is 12.0. The summed E-state index contributed by atoms with van der Waals surface area (Å²) in [6, 6.07) is 6.19. The average Bonchev–Trinajstić information content (AvgIpc) is 2.87. The molecule has 2 unspecified atom stereocenters. The largest absolute Gasteiger partial charge is 0.495 e. The van der Waals surface area contributed by atoms with Crippen molar-refractivity contribution in [2.24, 2.45) is 0 Å². The predicted octanol–water partition coefficient (Wildman–Crippen LogP) is 2.47. The number of hydrogen-bond donors (Lipinski definition) is 0. The maximum atomic E-state index is 11.9. The number of fused-ring (bicyclic) bond motifs is 3. The number of anilines is 1. The second-order valence-electron chi connectivity index (χ2n) is 4.55. The second-order valence-corrected chi connectivity index (χ2v) is 4.55. The normalized spacial score (nSPS) is 24.7. The highest BCUT2D eigenvalue weighted by Gasteiger charge is 2.42. The molecule has 0 saturated carbocycles. The van der Waals surface area contributed by atoms with Crippen molar-refractivity contribution in [2.45, 2.75) is 25.3 Å². The van der Waals surface area contributed by atoms with Gasteiger partial charge in [-0.2, -0.15) is 0 Å². The summed E-state index contributed by atoms with van der Waals surface area (Å²) in [6.07, 6.45) is 5.30. The SMILES string of the molecule is COc1cccc2c1N(C(C)=O)C1C=CCC21. The zero-order valence-electron chi connectivity index (χ0n) is 10.0. The number of benzene rings is 1. The first-order chi connectivity index (χ1) is 8.24. The van der Waals surface area contributed by atoms with E-state index in [0.29, 0.717) is 5.92 Å². The molecule has 1 aliphatic carbocycles. The minimum absolute atomic E-state index is 0.0785. The Morgan fingerprint density at radius 1 is 1.47 bits per heavy atom. The van der Waals surface area contributed by atoms with Gasteiger partial charge in [0.2, 0.25) is 5.91 Å². The maximum absolute atomic E-state index is 11.9. The molecule has 3 heteroatoms. The highest BCUT2D eigenvalue weighted by molar-refractivity contribution is 5.97. The van der Waals surface area contributed by atoms with Crippen LogP contribution in [-0.2, 0) is 4.79 Å². The summed E-state index contributed by atoms with van der Waals surface area (Å²) in [5.41, 5.74) is 2.19. The lowest BCUT2D eigenvalue weighted by Gasteiger charge is -2.23. The van der Waals surface area contributed by atoms with Gasteiger partial charge in [0.05, 0.1) is 18.8 Å². The van der Waals surface area contributed by atoms with Crippen LogP contribution < -0.4 is 9.64 Å². The Morgan fingerprint density at radius 2 is 2.29 bits per heavy atom. The van der Waals surface area contributed by atoms with Gasteiger partial charge in [-0.3, -0.25) is 4.79 Å². The summed E-state index contributed by atoms with van der Waals surface area (Å²) in [5.74, 6) is 1.28. The maximum Gasteiger partial charge on any atom is 0.224 e. The molecule has 17 heavy (non-hydrogen) atoms. The molecule has 0 aromatic heterocycles. The van der Waals surface area contributed by atoms with E-state index in [9.17, 15) is 4.79 Å². The molecule has 1 aromatic carbocycles. The Hall–Kier alpha value is -1.77. The minimum atomic E-state index is 0.0785. The van der Waals surface area contributed by atoms with Gasteiger partial charge in [0, 0.05) is 12.8 Å². The van der Waals surface area contributed by atoms with Gasteiger partial charge in [-0.15, -0.1) is 0 Å². The number of ether oxygens (including phenoxy) is 1. The number of rotatable bonds is 1. The molecule has 1 aliphatic heterocycles. The molecular weight excluding hydrogens is 214 g/mol. The van der Waals surface area contributed by atoms with E-state index in [0.717, 1.165) is 17.9 Å². The molecule has 0 saturated heterocycles. The molecule has 3 nitrogen and oxygen atoms in total. The molecule has 1 amide bonds. The van der Waals surface area contributed by atoms with Crippen molar-refractivity contribution in [2.75, 3.05) is 12.0 Å². The van der Waals surface area contributed by atoms with Crippen LogP contribution in [0.25, 0.3) is 0 Å². The first kappa shape index (κ1) is 10.4. The van der Waals surface area contributed by atoms with E-state index in [1.54, 1.807) is 14.0 Å². The topological polar surface area (TPSA) is 29.5 Å². The minimum Gasteiger partial charge on any atom is -0.495 e. The number of carbonyl (C=O) groups is 1. The fourth-order valence-electron chi connectivity index (χ4n) is 2.99. The van der Waals surface area contributed by atoms with Gasteiger partial charge in [-0.05, 0) is 18.1 Å². The van der Waals surface area contributed by atoms with E-state index in [1.165, 1.54) is 5.56 Å². The van der Waals surface area contributed by atoms with Gasteiger partial charge in [0.1, 0.15) is 5.75 Å². The summed E-state index contributed by atoms with van der Waals surface area (Å²) in [7, 11) is 1.65. The van der Waals surface area contributed by atoms with Gasteiger partial charge in [0.15, 0.2) is 0 Å². The zero-order valence-corrected chi connectivity index (χ0v) is 10.0. The molecule has 3 rings (SSSR count). The smallest absolute Gasteiger partial charge is 0.224 e. The summed E-state index contributed by atoms with van der Waals surface area (Å²) in [6.45, 7) is 1.62. The van der Waals surface area contributed by atoms with Gasteiger partial charge in [-0.25, -0.2) is 0 Å². The van der Waals surface area contributed by atoms with Gasteiger partial charge >= 0.3 is 0 Å². The molecule has 88 valence electrons. The third-order valence-corrected chi connectivity index (χ3v) is 3.66. The second kappa shape index (κ2) is 3.62. The van der Waals surface area contributed by atoms with Crippen molar-refractivity contribution in [1.82, 2.24) is 0 Å². The van der Waals surface area contributed by atoms with Crippen molar-refractivity contribution >= 4 is 11.6 Å². The molecule has 0 spiro atoms. The molecule has 2 aliphatic rings. The monoisotopic (exact) mass is 229 g/mol. The van der Waals surface area contributed by atoms with E-state index in [4.69, 9.17) is 4.74 Å². The lowest BCUT2D eigenvalue weighted by molar-refractivity contribution is -0.116. The van der Waals surface area contributed by atoms with Crippen LogP contribution >= 0.6 is 0 Å². The van der Waals surface area contributed by atoms with Crippen LogP contribution in [0.5, 0.6) is 5.75 Å².